The quantitative estimate of drug-likeness (QED) is 0.553. The molecule has 0 radical (unpaired) electrons. The Balaban J connectivity index is 1.56. The first-order valence-corrected chi connectivity index (χ1v) is 11.2. The summed E-state index contributed by atoms with van der Waals surface area (Å²) in [5, 5.41) is 3.57. The van der Waals surface area contributed by atoms with Crippen LogP contribution < -0.4 is 5.32 Å². The van der Waals surface area contributed by atoms with Crippen LogP contribution in [0.5, 0.6) is 0 Å². The number of nitrogens with one attached hydrogen (secondary N) is 1. The van der Waals surface area contributed by atoms with E-state index in [2.05, 4.69) is 5.32 Å². The molecule has 2 aromatic carbocycles. The molecule has 30 heavy (non-hydrogen) atoms. The van der Waals surface area contributed by atoms with Crippen molar-refractivity contribution in [2.75, 3.05) is 38.1 Å². The van der Waals surface area contributed by atoms with E-state index in [-0.39, 0.29) is 24.0 Å². The van der Waals surface area contributed by atoms with Gasteiger partial charge in [-0.25, -0.2) is 17.6 Å². The Morgan fingerprint density at radius 2 is 1.67 bits per heavy atom. The third kappa shape index (κ3) is 5.13. The summed E-state index contributed by atoms with van der Waals surface area (Å²) in [5.41, 5.74) is 1.17. The van der Waals surface area contributed by atoms with Crippen LogP contribution >= 0.6 is 12.2 Å². The van der Waals surface area contributed by atoms with Crippen molar-refractivity contribution >= 4 is 39.0 Å². The van der Waals surface area contributed by atoms with Gasteiger partial charge in [0.2, 0.25) is 10.0 Å². The van der Waals surface area contributed by atoms with Crippen LogP contribution in [0.4, 0.5) is 10.1 Å². The van der Waals surface area contributed by atoms with Gasteiger partial charge >= 0.3 is 5.97 Å². The molecule has 2 aromatic rings. The predicted octanol–water partition coefficient (Wildman–Crippen LogP) is 2.71. The highest BCUT2D eigenvalue weighted by Gasteiger charge is 2.29. The maximum atomic E-state index is 13.1. The van der Waals surface area contributed by atoms with Crippen molar-refractivity contribution in [1.82, 2.24) is 9.21 Å². The fraction of sp³-hybridized carbons (Fsp3) is 0.300. The van der Waals surface area contributed by atoms with Crippen LogP contribution in [0, 0.1) is 5.82 Å². The number of ether oxygens (including phenoxy) is 1. The third-order valence-electron chi connectivity index (χ3n) is 4.62. The van der Waals surface area contributed by atoms with E-state index in [1.54, 1.807) is 31.2 Å². The van der Waals surface area contributed by atoms with Gasteiger partial charge in [0.15, 0.2) is 5.11 Å². The first kappa shape index (κ1) is 22.1. The number of benzene rings is 2. The van der Waals surface area contributed by atoms with Crippen molar-refractivity contribution in [3.8, 4) is 0 Å². The molecule has 0 saturated carbocycles. The number of nitrogens with zero attached hydrogens (tertiary/aromatic N) is 2. The number of rotatable bonds is 5. The lowest BCUT2D eigenvalue weighted by atomic mass is 10.2. The highest BCUT2D eigenvalue weighted by atomic mass is 32.2. The lowest BCUT2D eigenvalue weighted by Gasteiger charge is -2.35. The average Bonchev–Trinajstić information content (AvgIpc) is 2.75. The van der Waals surface area contributed by atoms with Gasteiger partial charge < -0.3 is 15.0 Å². The van der Waals surface area contributed by atoms with E-state index >= 15 is 0 Å². The van der Waals surface area contributed by atoms with E-state index in [0.717, 1.165) is 17.8 Å². The van der Waals surface area contributed by atoms with Gasteiger partial charge in [0, 0.05) is 31.9 Å². The second kappa shape index (κ2) is 9.50. The monoisotopic (exact) mass is 451 g/mol. The molecule has 0 aliphatic carbocycles. The molecule has 160 valence electrons. The SMILES string of the molecule is CCOC(=O)c1ccc(NC(=S)N2CCN(S(=O)(=O)c3ccc(F)cc3)CC2)cc1. The molecule has 0 spiro atoms. The summed E-state index contributed by atoms with van der Waals surface area (Å²) in [7, 11) is -3.67. The molecule has 1 saturated heterocycles. The number of hydrogen-bond acceptors (Lipinski definition) is 5. The lowest BCUT2D eigenvalue weighted by molar-refractivity contribution is 0.0526. The molecule has 1 aliphatic heterocycles. The Bertz CT molecular complexity index is 1000. The zero-order valence-corrected chi connectivity index (χ0v) is 18.0. The first-order chi connectivity index (χ1) is 14.3. The van der Waals surface area contributed by atoms with Gasteiger partial charge in [-0.2, -0.15) is 4.31 Å². The Morgan fingerprint density at radius 3 is 2.23 bits per heavy atom. The fourth-order valence-corrected chi connectivity index (χ4v) is 4.72. The van der Waals surface area contributed by atoms with Crippen LogP contribution in [0.2, 0.25) is 0 Å². The van der Waals surface area contributed by atoms with E-state index in [4.69, 9.17) is 17.0 Å². The molecule has 0 amide bonds. The first-order valence-electron chi connectivity index (χ1n) is 9.40. The topological polar surface area (TPSA) is 79.0 Å². The maximum Gasteiger partial charge on any atom is 0.338 e. The van der Waals surface area contributed by atoms with Gasteiger partial charge in [0.1, 0.15) is 5.82 Å². The van der Waals surface area contributed by atoms with Crippen LogP contribution in [0.3, 0.4) is 0 Å². The largest absolute Gasteiger partial charge is 0.462 e. The molecule has 0 unspecified atom stereocenters. The standard InChI is InChI=1S/C20H22FN3O4S2/c1-2-28-19(25)15-3-7-17(8-4-15)22-20(29)23-11-13-24(14-12-23)30(26,27)18-9-5-16(21)6-10-18/h3-10H,2,11-14H2,1H3,(H,22,29). The highest BCUT2D eigenvalue weighted by Crippen LogP contribution is 2.19. The molecule has 1 aliphatic rings. The second-order valence-electron chi connectivity index (χ2n) is 6.57. The molecular weight excluding hydrogens is 429 g/mol. The van der Waals surface area contributed by atoms with Gasteiger partial charge in [-0.05, 0) is 67.7 Å². The molecule has 0 bridgehead atoms. The Labute approximate surface area is 180 Å². The number of carbonyl (C=O) groups excluding carboxylic acids is 1. The molecule has 0 atom stereocenters. The number of halogens is 1. The van der Waals surface area contributed by atoms with Crippen LogP contribution in [-0.2, 0) is 14.8 Å². The zero-order chi connectivity index (χ0) is 21.7. The van der Waals surface area contributed by atoms with Gasteiger partial charge in [-0.3, -0.25) is 0 Å². The van der Waals surface area contributed by atoms with Crippen molar-refractivity contribution in [1.29, 1.82) is 0 Å². The summed E-state index contributed by atoms with van der Waals surface area (Å²) in [5.74, 6) is -0.865. The van der Waals surface area contributed by atoms with Crippen LogP contribution in [0.15, 0.2) is 53.4 Å². The molecular formula is C20H22FN3O4S2. The van der Waals surface area contributed by atoms with Crippen LogP contribution in [0.25, 0.3) is 0 Å². The van der Waals surface area contributed by atoms with Crippen molar-refractivity contribution < 1.29 is 22.3 Å². The van der Waals surface area contributed by atoms with Gasteiger partial charge in [-0.1, -0.05) is 0 Å². The van der Waals surface area contributed by atoms with Gasteiger partial charge in [-0.15, -0.1) is 0 Å². The van der Waals surface area contributed by atoms with Gasteiger partial charge in [0.05, 0.1) is 17.1 Å². The summed E-state index contributed by atoms with van der Waals surface area (Å²) in [6.45, 7) is 3.44. The minimum atomic E-state index is -3.67. The zero-order valence-electron chi connectivity index (χ0n) is 16.4. The normalized spacial score (nSPS) is 14.9. The Kier molecular flexibility index (Phi) is 7.01. The van der Waals surface area contributed by atoms with Gasteiger partial charge in [0.25, 0.3) is 0 Å². The van der Waals surface area contributed by atoms with Crippen molar-refractivity contribution in [3.63, 3.8) is 0 Å². The maximum absolute atomic E-state index is 13.1. The minimum Gasteiger partial charge on any atom is -0.462 e. The molecule has 0 aromatic heterocycles. The number of sulfonamides is 1. The molecule has 10 heteroatoms. The molecule has 1 N–H and O–H groups in total. The number of hydrogen-bond donors (Lipinski definition) is 1. The molecule has 3 rings (SSSR count). The number of anilines is 1. The highest BCUT2D eigenvalue weighted by molar-refractivity contribution is 7.89. The third-order valence-corrected chi connectivity index (χ3v) is 6.90. The number of piperazine rings is 1. The summed E-state index contributed by atoms with van der Waals surface area (Å²) in [6, 6.07) is 11.6. The van der Waals surface area contributed by atoms with Crippen molar-refractivity contribution in [2.45, 2.75) is 11.8 Å². The average molecular weight is 452 g/mol. The Hall–Kier alpha value is -2.56. The van der Waals surface area contributed by atoms with Crippen molar-refractivity contribution in [3.05, 3.63) is 59.9 Å². The van der Waals surface area contributed by atoms with E-state index in [0.29, 0.717) is 30.4 Å². The molecule has 7 nitrogen and oxygen atoms in total. The summed E-state index contributed by atoms with van der Waals surface area (Å²) >= 11 is 5.44. The number of carbonyl (C=O) groups is 1. The van der Waals surface area contributed by atoms with E-state index < -0.39 is 15.8 Å². The fourth-order valence-electron chi connectivity index (χ4n) is 2.99. The van der Waals surface area contributed by atoms with E-state index in [9.17, 15) is 17.6 Å². The van der Waals surface area contributed by atoms with Crippen molar-refractivity contribution in [2.24, 2.45) is 0 Å². The molecule has 1 heterocycles. The second-order valence-corrected chi connectivity index (χ2v) is 8.90. The van der Waals surface area contributed by atoms with Crippen LogP contribution in [0.1, 0.15) is 17.3 Å². The van der Waals surface area contributed by atoms with Crippen LogP contribution in [-0.4, -0.2) is 61.5 Å². The smallest absolute Gasteiger partial charge is 0.338 e. The molecule has 1 fully saturated rings. The Morgan fingerprint density at radius 1 is 1.07 bits per heavy atom. The minimum absolute atomic E-state index is 0.0692. The summed E-state index contributed by atoms with van der Waals surface area (Å²) in [4.78, 5) is 13.7. The predicted molar refractivity (Wildman–Crippen MR) is 115 cm³/mol. The number of esters is 1. The summed E-state index contributed by atoms with van der Waals surface area (Å²) in [6.07, 6.45) is 0. The lowest BCUT2D eigenvalue weighted by Crippen LogP contribution is -2.51. The van der Waals surface area contributed by atoms with E-state index in [1.165, 1.54) is 16.4 Å². The number of thiocarbonyl (C=S) groups is 1. The van der Waals surface area contributed by atoms with E-state index in [1.807, 2.05) is 4.90 Å². The summed E-state index contributed by atoms with van der Waals surface area (Å²) < 4.78 is 44.8.